The van der Waals surface area contributed by atoms with Crippen molar-refractivity contribution < 1.29 is 17.6 Å². The SMILES string of the molecule is CCN(CC)S(=O)(=O)c1ccc(N(C)C)c(NC(=O)Cc2csc(-c3cccc(F)c3)n2)c1. The van der Waals surface area contributed by atoms with E-state index in [4.69, 9.17) is 0 Å². The lowest BCUT2D eigenvalue weighted by atomic mass is 10.2. The minimum absolute atomic E-state index is 0.00566. The maximum Gasteiger partial charge on any atom is 0.243 e. The van der Waals surface area contributed by atoms with Crippen molar-refractivity contribution in [2.45, 2.75) is 25.2 Å². The van der Waals surface area contributed by atoms with Crippen LogP contribution in [0.2, 0.25) is 0 Å². The number of nitrogens with one attached hydrogen (secondary N) is 1. The first kappa shape index (κ1) is 24.8. The number of carbonyl (C=O) groups excluding carboxylic acids is 1. The van der Waals surface area contributed by atoms with Gasteiger partial charge in [-0.2, -0.15) is 4.31 Å². The summed E-state index contributed by atoms with van der Waals surface area (Å²) < 4.78 is 40.7. The molecule has 0 atom stereocenters. The van der Waals surface area contributed by atoms with E-state index >= 15 is 0 Å². The van der Waals surface area contributed by atoms with Gasteiger partial charge in [-0.3, -0.25) is 4.79 Å². The highest BCUT2D eigenvalue weighted by Gasteiger charge is 2.23. The molecule has 1 amide bonds. The summed E-state index contributed by atoms with van der Waals surface area (Å²) in [4.78, 5) is 19.1. The monoisotopic (exact) mass is 490 g/mol. The first-order valence-electron chi connectivity index (χ1n) is 10.5. The molecule has 7 nitrogen and oxygen atoms in total. The number of anilines is 2. The molecule has 2 aromatic carbocycles. The molecule has 1 aromatic heterocycles. The van der Waals surface area contributed by atoms with Crippen molar-refractivity contribution in [2.24, 2.45) is 0 Å². The zero-order chi connectivity index (χ0) is 24.2. The summed E-state index contributed by atoms with van der Waals surface area (Å²) in [6, 6.07) is 10.8. The van der Waals surface area contributed by atoms with Crippen LogP contribution in [0.5, 0.6) is 0 Å². The number of rotatable bonds is 9. The van der Waals surface area contributed by atoms with E-state index in [1.54, 1.807) is 48.4 Å². The van der Waals surface area contributed by atoms with Crippen LogP contribution in [0.25, 0.3) is 10.6 Å². The van der Waals surface area contributed by atoms with E-state index < -0.39 is 10.0 Å². The second-order valence-corrected chi connectivity index (χ2v) is 10.3. The van der Waals surface area contributed by atoms with Gasteiger partial charge in [0.05, 0.1) is 28.4 Å². The van der Waals surface area contributed by atoms with Gasteiger partial charge in [0.1, 0.15) is 10.8 Å². The van der Waals surface area contributed by atoms with Gasteiger partial charge in [0.25, 0.3) is 0 Å². The Kier molecular flexibility index (Phi) is 7.83. The lowest BCUT2D eigenvalue weighted by Crippen LogP contribution is -2.30. The van der Waals surface area contributed by atoms with Gasteiger partial charge >= 0.3 is 0 Å². The van der Waals surface area contributed by atoms with Crippen LogP contribution in [-0.2, 0) is 21.2 Å². The van der Waals surface area contributed by atoms with Crippen LogP contribution in [0.1, 0.15) is 19.5 Å². The Hall–Kier alpha value is -2.82. The summed E-state index contributed by atoms with van der Waals surface area (Å²) in [5.74, 6) is -0.677. The van der Waals surface area contributed by atoms with Crippen LogP contribution in [0.3, 0.4) is 0 Å². The van der Waals surface area contributed by atoms with E-state index in [1.165, 1.54) is 33.8 Å². The molecule has 1 heterocycles. The van der Waals surface area contributed by atoms with Crippen molar-refractivity contribution in [1.82, 2.24) is 9.29 Å². The molecule has 0 unspecified atom stereocenters. The number of thiazole rings is 1. The Balaban J connectivity index is 1.83. The molecule has 176 valence electrons. The third-order valence-corrected chi connectivity index (χ3v) is 8.02. The summed E-state index contributed by atoms with van der Waals surface area (Å²) in [5.41, 5.74) is 2.28. The van der Waals surface area contributed by atoms with Gasteiger partial charge in [-0.05, 0) is 30.3 Å². The van der Waals surface area contributed by atoms with E-state index in [0.29, 0.717) is 40.7 Å². The van der Waals surface area contributed by atoms with Gasteiger partial charge in [0, 0.05) is 38.1 Å². The molecule has 0 fully saturated rings. The average molecular weight is 491 g/mol. The Morgan fingerprint density at radius 3 is 2.48 bits per heavy atom. The van der Waals surface area contributed by atoms with E-state index in [9.17, 15) is 17.6 Å². The Morgan fingerprint density at radius 1 is 1.12 bits per heavy atom. The minimum Gasteiger partial charge on any atom is -0.376 e. The number of benzene rings is 2. The fourth-order valence-corrected chi connectivity index (χ4v) is 5.68. The molecule has 0 radical (unpaired) electrons. The molecular weight excluding hydrogens is 463 g/mol. The first-order chi connectivity index (χ1) is 15.6. The van der Waals surface area contributed by atoms with Gasteiger partial charge in [-0.1, -0.05) is 26.0 Å². The Morgan fingerprint density at radius 2 is 1.85 bits per heavy atom. The van der Waals surface area contributed by atoms with Crippen LogP contribution in [-0.4, -0.2) is 50.8 Å². The lowest BCUT2D eigenvalue weighted by molar-refractivity contribution is -0.115. The van der Waals surface area contributed by atoms with E-state index in [-0.39, 0.29) is 23.0 Å². The van der Waals surface area contributed by atoms with Gasteiger partial charge < -0.3 is 10.2 Å². The Labute approximate surface area is 197 Å². The third kappa shape index (κ3) is 5.76. The second-order valence-electron chi connectivity index (χ2n) is 7.54. The van der Waals surface area contributed by atoms with Crippen molar-refractivity contribution in [1.29, 1.82) is 0 Å². The van der Waals surface area contributed by atoms with Crippen molar-refractivity contribution in [2.75, 3.05) is 37.4 Å². The molecule has 0 aliphatic rings. The maximum atomic E-state index is 13.5. The number of nitrogens with zero attached hydrogens (tertiary/aromatic N) is 3. The fourth-order valence-electron chi connectivity index (χ4n) is 3.38. The van der Waals surface area contributed by atoms with Crippen LogP contribution < -0.4 is 10.2 Å². The van der Waals surface area contributed by atoms with Crippen LogP contribution in [0, 0.1) is 5.82 Å². The normalized spacial score (nSPS) is 11.6. The highest BCUT2D eigenvalue weighted by Crippen LogP contribution is 2.30. The molecule has 10 heteroatoms. The van der Waals surface area contributed by atoms with Crippen LogP contribution in [0.15, 0.2) is 52.7 Å². The molecule has 0 bridgehead atoms. The molecule has 0 spiro atoms. The molecule has 0 aliphatic heterocycles. The standard InChI is InChI=1S/C23H27FN4O3S2/c1-5-28(6-2)33(30,31)19-10-11-21(27(3)4)20(14-19)26-22(29)13-18-15-32-23(25-18)16-8-7-9-17(24)12-16/h7-12,14-15H,5-6,13H2,1-4H3,(H,26,29). The van der Waals surface area contributed by atoms with Crippen LogP contribution >= 0.6 is 11.3 Å². The number of halogens is 1. The zero-order valence-electron chi connectivity index (χ0n) is 19.0. The molecule has 3 aromatic rings. The maximum absolute atomic E-state index is 13.5. The third-order valence-electron chi connectivity index (χ3n) is 5.03. The Bertz CT molecular complexity index is 1240. The van der Waals surface area contributed by atoms with Crippen molar-refractivity contribution in [3.05, 3.63) is 59.4 Å². The number of aromatic nitrogens is 1. The molecule has 3 rings (SSSR count). The van der Waals surface area contributed by atoms with E-state index in [1.807, 2.05) is 14.1 Å². The summed E-state index contributed by atoms with van der Waals surface area (Å²) in [5, 5.41) is 5.21. The van der Waals surface area contributed by atoms with Crippen molar-refractivity contribution >= 4 is 38.6 Å². The molecule has 0 aliphatic carbocycles. The predicted octanol–water partition coefficient (Wildman–Crippen LogP) is 4.23. The average Bonchev–Trinajstić information content (AvgIpc) is 3.22. The predicted molar refractivity (Wildman–Crippen MR) is 131 cm³/mol. The summed E-state index contributed by atoms with van der Waals surface area (Å²) >= 11 is 1.33. The molecule has 0 saturated carbocycles. The second kappa shape index (κ2) is 10.4. The molecule has 1 N–H and O–H groups in total. The summed E-state index contributed by atoms with van der Waals surface area (Å²) in [7, 11) is -0.0400. The lowest BCUT2D eigenvalue weighted by Gasteiger charge is -2.22. The summed E-state index contributed by atoms with van der Waals surface area (Å²) in [6.45, 7) is 4.27. The topological polar surface area (TPSA) is 82.6 Å². The number of hydrogen-bond donors (Lipinski definition) is 1. The van der Waals surface area contributed by atoms with Gasteiger partial charge in [-0.25, -0.2) is 17.8 Å². The quantitative estimate of drug-likeness (QED) is 0.486. The molecule has 33 heavy (non-hydrogen) atoms. The van der Waals surface area contributed by atoms with E-state index in [0.717, 1.165) is 0 Å². The minimum atomic E-state index is -3.67. The number of amides is 1. The largest absolute Gasteiger partial charge is 0.376 e. The summed E-state index contributed by atoms with van der Waals surface area (Å²) in [6.07, 6.45) is 0.00566. The smallest absolute Gasteiger partial charge is 0.243 e. The number of carbonyl (C=O) groups is 1. The van der Waals surface area contributed by atoms with E-state index in [2.05, 4.69) is 10.3 Å². The molecule has 0 saturated heterocycles. The zero-order valence-corrected chi connectivity index (χ0v) is 20.6. The highest BCUT2D eigenvalue weighted by atomic mass is 32.2. The van der Waals surface area contributed by atoms with Crippen LogP contribution in [0.4, 0.5) is 15.8 Å². The van der Waals surface area contributed by atoms with Crippen molar-refractivity contribution in [3.8, 4) is 10.6 Å². The van der Waals surface area contributed by atoms with Gasteiger partial charge in [0.15, 0.2) is 0 Å². The number of sulfonamides is 1. The van der Waals surface area contributed by atoms with Gasteiger partial charge in [0.2, 0.25) is 15.9 Å². The van der Waals surface area contributed by atoms with Crippen molar-refractivity contribution in [3.63, 3.8) is 0 Å². The first-order valence-corrected chi connectivity index (χ1v) is 12.8. The highest BCUT2D eigenvalue weighted by molar-refractivity contribution is 7.89. The number of hydrogen-bond acceptors (Lipinski definition) is 6. The fraction of sp³-hybridized carbons (Fsp3) is 0.304. The molecular formula is C23H27FN4O3S2. The van der Waals surface area contributed by atoms with Gasteiger partial charge in [-0.15, -0.1) is 11.3 Å².